The molecule has 0 aromatic heterocycles. The minimum absolute atomic E-state index is 0.0978. The summed E-state index contributed by atoms with van der Waals surface area (Å²) in [6.45, 7) is 1.32. The van der Waals surface area contributed by atoms with Crippen LogP contribution in [0, 0.1) is 0 Å². The molecule has 3 aromatic rings. The average Bonchev–Trinajstić information content (AvgIpc) is 3.33. The summed E-state index contributed by atoms with van der Waals surface area (Å²) in [5.74, 6) is 1.06. The van der Waals surface area contributed by atoms with Gasteiger partial charge in [0.05, 0.1) is 6.61 Å². The predicted molar refractivity (Wildman–Crippen MR) is 137 cm³/mol. The van der Waals surface area contributed by atoms with Crippen LogP contribution >= 0.6 is 0 Å². The number of benzene rings is 3. The van der Waals surface area contributed by atoms with E-state index < -0.39 is 5.54 Å². The van der Waals surface area contributed by atoms with Crippen molar-refractivity contribution in [2.24, 2.45) is 4.99 Å². The fraction of sp³-hybridized carbons (Fsp3) is 0.310. The fourth-order valence-electron chi connectivity index (χ4n) is 4.07. The molecule has 0 unspecified atom stereocenters. The van der Waals surface area contributed by atoms with Gasteiger partial charge in [-0.3, -0.25) is 4.79 Å². The summed E-state index contributed by atoms with van der Waals surface area (Å²) in [6.07, 6.45) is 2.81. The Kier molecular flexibility index (Phi) is 8.52. The number of hydrogen-bond donors (Lipinski definition) is 2. The molecule has 6 nitrogen and oxygen atoms in total. The second kappa shape index (κ2) is 12.2. The van der Waals surface area contributed by atoms with E-state index in [4.69, 9.17) is 19.6 Å². The molecular formula is C29H32N2O4. The lowest BCUT2D eigenvalue weighted by atomic mass is 9.91. The minimum atomic E-state index is -1.01. The van der Waals surface area contributed by atoms with Crippen LogP contribution in [0.1, 0.15) is 29.5 Å². The number of aliphatic hydroxyl groups excluding tert-OH is 1. The van der Waals surface area contributed by atoms with Crippen LogP contribution in [0.25, 0.3) is 0 Å². The molecule has 0 spiro atoms. The van der Waals surface area contributed by atoms with Crippen LogP contribution in [0.5, 0.6) is 5.75 Å². The highest BCUT2D eigenvalue weighted by molar-refractivity contribution is 6.00. The lowest BCUT2D eigenvalue weighted by Gasteiger charge is -2.23. The van der Waals surface area contributed by atoms with Crippen molar-refractivity contribution in [3.05, 3.63) is 102 Å². The molecule has 0 radical (unpaired) electrons. The molecular weight excluding hydrogens is 440 g/mol. The van der Waals surface area contributed by atoms with Crippen LogP contribution in [0.15, 0.2) is 89.9 Å². The predicted octanol–water partition coefficient (Wildman–Crippen LogP) is 3.96. The van der Waals surface area contributed by atoms with E-state index in [-0.39, 0.29) is 19.1 Å². The van der Waals surface area contributed by atoms with E-state index >= 15 is 0 Å². The van der Waals surface area contributed by atoms with Gasteiger partial charge in [-0.15, -0.1) is 0 Å². The number of rotatable bonds is 12. The second-order valence-electron chi connectivity index (χ2n) is 8.69. The van der Waals surface area contributed by atoms with Gasteiger partial charge in [0.25, 0.3) is 5.91 Å². The van der Waals surface area contributed by atoms with E-state index in [1.54, 1.807) is 0 Å². The summed E-state index contributed by atoms with van der Waals surface area (Å²) in [5.41, 5.74) is 2.08. The fourth-order valence-corrected chi connectivity index (χ4v) is 4.07. The smallest absolute Gasteiger partial charge is 0.251 e. The van der Waals surface area contributed by atoms with E-state index in [0.29, 0.717) is 37.6 Å². The van der Waals surface area contributed by atoms with Gasteiger partial charge < -0.3 is 19.9 Å². The van der Waals surface area contributed by atoms with Gasteiger partial charge in [0.2, 0.25) is 5.90 Å². The number of aliphatic imine (C=N–C) groups is 1. The van der Waals surface area contributed by atoms with E-state index in [9.17, 15) is 4.79 Å². The van der Waals surface area contributed by atoms with Crippen LogP contribution < -0.4 is 10.1 Å². The third-order valence-electron chi connectivity index (χ3n) is 5.97. The highest BCUT2D eigenvalue weighted by Gasteiger charge is 2.44. The van der Waals surface area contributed by atoms with E-state index in [2.05, 4.69) is 17.4 Å². The molecule has 2 N–H and O–H groups in total. The first-order valence-electron chi connectivity index (χ1n) is 12.1. The molecule has 1 amide bonds. The van der Waals surface area contributed by atoms with Gasteiger partial charge in [-0.05, 0) is 48.2 Å². The molecule has 0 fully saturated rings. The van der Waals surface area contributed by atoms with Crippen molar-refractivity contribution in [1.82, 2.24) is 5.32 Å². The van der Waals surface area contributed by atoms with Crippen molar-refractivity contribution in [1.29, 1.82) is 0 Å². The summed E-state index contributed by atoms with van der Waals surface area (Å²) in [7, 11) is 0. The largest absolute Gasteiger partial charge is 0.494 e. The van der Waals surface area contributed by atoms with Crippen molar-refractivity contribution >= 4 is 11.8 Å². The Morgan fingerprint density at radius 2 is 1.63 bits per heavy atom. The molecule has 3 aromatic carbocycles. The Bertz CT molecular complexity index is 1100. The van der Waals surface area contributed by atoms with Gasteiger partial charge in [-0.1, -0.05) is 60.7 Å². The van der Waals surface area contributed by atoms with E-state index in [1.165, 1.54) is 5.56 Å². The first-order valence-corrected chi connectivity index (χ1v) is 12.1. The van der Waals surface area contributed by atoms with Gasteiger partial charge in [-0.25, -0.2) is 4.99 Å². The highest BCUT2D eigenvalue weighted by Crippen LogP contribution is 2.27. The van der Waals surface area contributed by atoms with Gasteiger partial charge in [0.15, 0.2) is 5.54 Å². The normalized spacial score (nSPS) is 16.9. The second-order valence-corrected chi connectivity index (χ2v) is 8.69. The number of carbonyl (C=O) groups excluding carboxylic acids is 1. The number of ether oxygens (including phenoxy) is 2. The quantitative estimate of drug-likeness (QED) is 0.391. The topological polar surface area (TPSA) is 80.2 Å². The first kappa shape index (κ1) is 24.5. The summed E-state index contributed by atoms with van der Waals surface area (Å²) in [5, 5.41) is 12.0. The zero-order chi connectivity index (χ0) is 24.3. The van der Waals surface area contributed by atoms with Gasteiger partial charge in [0, 0.05) is 31.6 Å². The maximum absolute atomic E-state index is 13.4. The molecule has 35 heavy (non-hydrogen) atoms. The van der Waals surface area contributed by atoms with Crippen LogP contribution in [0.3, 0.4) is 0 Å². The minimum Gasteiger partial charge on any atom is -0.494 e. The lowest BCUT2D eigenvalue weighted by Crippen LogP contribution is -2.48. The average molecular weight is 473 g/mol. The number of nitrogens with one attached hydrogen (secondary N) is 1. The SMILES string of the molecule is O=C(NCCCc1ccccc1)[C@@]1(Cc2ccccc2)COC(c2ccc(OCCCO)cc2)=N1. The third kappa shape index (κ3) is 6.70. The summed E-state index contributed by atoms with van der Waals surface area (Å²) < 4.78 is 11.6. The molecule has 1 atom stereocenters. The van der Waals surface area contributed by atoms with Crippen LogP contribution in [-0.4, -0.2) is 48.8 Å². The molecule has 0 bridgehead atoms. The zero-order valence-electron chi connectivity index (χ0n) is 19.9. The molecule has 0 aliphatic carbocycles. The van der Waals surface area contributed by atoms with Crippen LogP contribution in [0.2, 0.25) is 0 Å². The highest BCUT2D eigenvalue weighted by atomic mass is 16.5. The van der Waals surface area contributed by atoms with Crippen molar-refractivity contribution in [3.63, 3.8) is 0 Å². The summed E-state index contributed by atoms with van der Waals surface area (Å²) in [4.78, 5) is 18.3. The zero-order valence-corrected chi connectivity index (χ0v) is 19.9. The lowest BCUT2D eigenvalue weighted by molar-refractivity contribution is -0.126. The van der Waals surface area contributed by atoms with Gasteiger partial charge >= 0.3 is 0 Å². The van der Waals surface area contributed by atoms with E-state index in [0.717, 1.165) is 24.0 Å². The molecule has 1 aliphatic rings. The number of hydrogen-bond acceptors (Lipinski definition) is 5. The third-order valence-corrected chi connectivity index (χ3v) is 5.97. The maximum atomic E-state index is 13.4. The van der Waals surface area contributed by atoms with Crippen LogP contribution in [0.4, 0.5) is 0 Å². The Hall–Kier alpha value is -3.64. The molecule has 1 heterocycles. The molecule has 1 aliphatic heterocycles. The van der Waals surface area contributed by atoms with E-state index in [1.807, 2.05) is 72.8 Å². The van der Waals surface area contributed by atoms with Gasteiger partial charge in [-0.2, -0.15) is 0 Å². The Morgan fingerprint density at radius 1 is 0.943 bits per heavy atom. The van der Waals surface area contributed by atoms with Gasteiger partial charge in [0.1, 0.15) is 12.4 Å². The molecule has 182 valence electrons. The van der Waals surface area contributed by atoms with Crippen molar-refractivity contribution in [2.75, 3.05) is 26.4 Å². The van der Waals surface area contributed by atoms with Crippen molar-refractivity contribution in [3.8, 4) is 5.75 Å². The number of aliphatic hydroxyl groups is 1. The number of carbonyl (C=O) groups is 1. The number of aryl methyl sites for hydroxylation is 1. The Morgan fingerprint density at radius 3 is 2.31 bits per heavy atom. The molecule has 4 rings (SSSR count). The van der Waals surface area contributed by atoms with Crippen molar-refractivity contribution < 1.29 is 19.4 Å². The monoisotopic (exact) mass is 472 g/mol. The summed E-state index contributed by atoms with van der Waals surface area (Å²) >= 11 is 0. The van der Waals surface area contributed by atoms with Crippen molar-refractivity contribution in [2.45, 2.75) is 31.2 Å². The first-order chi connectivity index (χ1) is 17.2. The van der Waals surface area contributed by atoms with Crippen LogP contribution in [-0.2, 0) is 22.4 Å². The Balaban J connectivity index is 1.45. The summed E-state index contributed by atoms with van der Waals surface area (Å²) in [6, 6.07) is 27.6. The maximum Gasteiger partial charge on any atom is 0.251 e. The standard InChI is InChI=1S/C29H32N2O4/c32-19-8-20-34-26-16-14-25(15-17-26)27-31-29(22-35-27,21-24-11-5-2-6-12-24)28(33)30-18-7-13-23-9-3-1-4-10-23/h1-6,9-12,14-17,32H,7-8,13,18-22H2,(H,30,33)/t29-/m1/s1. The molecule has 0 saturated carbocycles. The number of nitrogens with zero attached hydrogens (tertiary/aromatic N) is 1. The molecule has 6 heteroatoms. The number of amides is 1. The Labute approximate surface area is 206 Å². The molecule has 0 saturated heterocycles.